The second-order valence-corrected chi connectivity index (χ2v) is 5.26. The number of carbonyl (C=O) groups excluding carboxylic acids is 1. The van der Waals surface area contributed by atoms with Crippen molar-refractivity contribution in [3.63, 3.8) is 0 Å². The number of hydrogen-bond donors (Lipinski definition) is 1. The van der Waals surface area contributed by atoms with Gasteiger partial charge in [-0.2, -0.15) is 0 Å². The molecule has 0 aromatic heterocycles. The molecule has 2 aromatic carbocycles. The highest BCUT2D eigenvalue weighted by atomic mass is 16.5. The fourth-order valence-corrected chi connectivity index (χ4v) is 2.64. The molecule has 0 fully saturated rings. The molecule has 0 aliphatic heterocycles. The average molecular weight is 293 g/mol. The molecule has 1 aliphatic rings. The van der Waals surface area contributed by atoms with Crippen LogP contribution in [0.25, 0.3) is 0 Å². The van der Waals surface area contributed by atoms with Gasteiger partial charge in [0.1, 0.15) is 5.75 Å². The molecule has 0 atom stereocenters. The quantitative estimate of drug-likeness (QED) is 0.858. The SMILES string of the molecule is CCOc1ccc(N/C=C2\CCc3ccccc3C2=O)cc1. The predicted octanol–water partition coefficient (Wildman–Crippen LogP) is 4.21. The van der Waals surface area contributed by atoms with E-state index in [2.05, 4.69) is 5.32 Å². The fraction of sp³-hybridized carbons (Fsp3) is 0.211. The third kappa shape index (κ3) is 3.03. The molecule has 0 heterocycles. The van der Waals surface area contributed by atoms with E-state index >= 15 is 0 Å². The maximum absolute atomic E-state index is 12.4. The van der Waals surface area contributed by atoms with Crippen molar-refractivity contribution in [3.8, 4) is 5.75 Å². The highest BCUT2D eigenvalue weighted by molar-refractivity contribution is 6.10. The Bertz CT molecular complexity index is 702. The zero-order valence-corrected chi connectivity index (χ0v) is 12.6. The number of benzene rings is 2. The van der Waals surface area contributed by atoms with Gasteiger partial charge in [-0.05, 0) is 49.6 Å². The largest absolute Gasteiger partial charge is 0.494 e. The van der Waals surface area contributed by atoms with Crippen LogP contribution >= 0.6 is 0 Å². The summed E-state index contributed by atoms with van der Waals surface area (Å²) in [6, 6.07) is 15.6. The van der Waals surface area contributed by atoms with Gasteiger partial charge in [-0.25, -0.2) is 0 Å². The first-order valence-corrected chi connectivity index (χ1v) is 7.59. The monoisotopic (exact) mass is 293 g/mol. The molecule has 3 heteroatoms. The molecule has 3 nitrogen and oxygen atoms in total. The minimum Gasteiger partial charge on any atom is -0.494 e. The van der Waals surface area contributed by atoms with E-state index in [1.54, 1.807) is 0 Å². The van der Waals surface area contributed by atoms with Gasteiger partial charge in [0, 0.05) is 23.0 Å². The number of ketones is 1. The van der Waals surface area contributed by atoms with Crippen molar-refractivity contribution in [2.45, 2.75) is 19.8 Å². The summed E-state index contributed by atoms with van der Waals surface area (Å²) in [6.07, 6.45) is 3.52. The minimum absolute atomic E-state index is 0.125. The molecule has 0 amide bonds. The van der Waals surface area contributed by atoms with E-state index in [1.165, 1.54) is 0 Å². The zero-order valence-electron chi connectivity index (χ0n) is 12.6. The molecular formula is C19H19NO2. The van der Waals surface area contributed by atoms with Gasteiger partial charge in [0.2, 0.25) is 0 Å². The molecule has 0 bridgehead atoms. The lowest BCUT2D eigenvalue weighted by Crippen LogP contribution is -2.14. The van der Waals surface area contributed by atoms with Gasteiger partial charge in [-0.3, -0.25) is 4.79 Å². The summed E-state index contributed by atoms with van der Waals surface area (Å²) in [7, 11) is 0. The first-order valence-electron chi connectivity index (χ1n) is 7.59. The summed E-state index contributed by atoms with van der Waals surface area (Å²) in [5.41, 5.74) is 3.74. The van der Waals surface area contributed by atoms with Crippen molar-refractivity contribution >= 4 is 11.5 Å². The van der Waals surface area contributed by atoms with E-state index in [9.17, 15) is 4.79 Å². The molecule has 3 rings (SSSR count). The first kappa shape index (κ1) is 14.4. The van der Waals surface area contributed by atoms with Crippen LogP contribution in [0, 0.1) is 0 Å². The highest BCUT2D eigenvalue weighted by Crippen LogP contribution is 2.25. The zero-order chi connectivity index (χ0) is 15.4. The van der Waals surface area contributed by atoms with Crippen LogP contribution in [0.15, 0.2) is 60.3 Å². The first-order chi connectivity index (χ1) is 10.8. The Kier molecular flexibility index (Phi) is 4.24. The number of aryl methyl sites for hydroxylation is 1. The van der Waals surface area contributed by atoms with Gasteiger partial charge in [0.25, 0.3) is 0 Å². The van der Waals surface area contributed by atoms with Crippen molar-refractivity contribution in [1.82, 2.24) is 0 Å². The lowest BCUT2D eigenvalue weighted by atomic mass is 9.87. The molecule has 2 aromatic rings. The van der Waals surface area contributed by atoms with Crippen LogP contribution in [0.4, 0.5) is 5.69 Å². The van der Waals surface area contributed by atoms with Crippen LogP contribution in [0.1, 0.15) is 29.3 Å². The van der Waals surface area contributed by atoms with Gasteiger partial charge in [0.05, 0.1) is 6.61 Å². The number of fused-ring (bicyclic) bond motifs is 1. The summed E-state index contributed by atoms with van der Waals surface area (Å²) in [5.74, 6) is 0.976. The second kappa shape index (κ2) is 6.48. The van der Waals surface area contributed by atoms with Gasteiger partial charge in [-0.1, -0.05) is 24.3 Å². The molecule has 22 heavy (non-hydrogen) atoms. The number of rotatable bonds is 4. The smallest absolute Gasteiger partial charge is 0.190 e. The van der Waals surface area contributed by atoms with E-state index < -0.39 is 0 Å². The van der Waals surface area contributed by atoms with Crippen LogP contribution in [0.2, 0.25) is 0 Å². The average Bonchev–Trinajstić information content (AvgIpc) is 2.56. The van der Waals surface area contributed by atoms with Crippen LogP contribution in [-0.4, -0.2) is 12.4 Å². The number of allylic oxidation sites excluding steroid dienone is 1. The van der Waals surface area contributed by atoms with Gasteiger partial charge < -0.3 is 10.1 Å². The van der Waals surface area contributed by atoms with E-state index in [0.717, 1.165) is 41.0 Å². The minimum atomic E-state index is 0.125. The maximum atomic E-state index is 12.4. The molecule has 0 saturated heterocycles. The van der Waals surface area contributed by atoms with Crippen molar-refractivity contribution in [3.05, 3.63) is 71.4 Å². The third-order valence-corrected chi connectivity index (χ3v) is 3.80. The van der Waals surface area contributed by atoms with E-state index in [1.807, 2.05) is 61.7 Å². The van der Waals surface area contributed by atoms with Crippen LogP contribution in [-0.2, 0) is 6.42 Å². The van der Waals surface area contributed by atoms with Gasteiger partial charge >= 0.3 is 0 Å². The third-order valence-electron chi connectivity index (χ3n) is 3.80. The molecule has 1 aliphatic carbocycles. The lowest BCUT2D eigenvalue weighted by Gasteiger charge is -2.17. The molecule has 0 radical (unpaired) electrons. The number of hydrogen-bond acceptors (Lipinski definition) is 3. The number of Topliss-reactive ketones (excluding diaryl/α,β-unsaturated/α-hetero) is 1. The molecule has 0 saturated carbocycles. The summed E-state index contributed by atoms with van der Waals surface area (Å²) >= 11 is 0. The maximum Gasteiger partial charge on any atom is 0.190 e. The molecule has 0 unspecified atom stereocenters. The number of anilines is 1. The Morgan fingerprint density at radius 1 is 1.09 bits per heavy atom. The van der Waals surface area contributed by atoms with Gasteiger partial charge in [0.15, 0.2) is 5.78 Å². The number of ether oxygens (including phenoxy) is 1. The fourth-order valence-electron chi connectivity index (χ4n) is 2.64. The Balaban J connectivity index is 1.72. The molecule has 112 valence electrons. The Morgan fingerprint density at radius 3 is 2.64 bits per heavy atom. The Hall–Kier alpha value is -2.55. The second-order valence-electron chi connectivity index (χ2n) is 5.26. The summed E-state index contributed by atoms with van der Waals surface area (Å²) < 4.78 is 5.41. The molecule has 1 N–H and O–H groups in total. The standard InChI is InChI=1S/C19H19NO2/c1-2-22-17-11-9-16(10-12-17)20-13-15-8-7-14-5-3-4-6-18(14)19(15)21/h3-6,9-13,20H,2,7-8H2,1H3/b15-13+. The molecule has 0 spiro atoms. The van der Waals surface area contributed by atoms with Crippen molar-refractivity contribution < 1.29 is 9.53 Å². The highest BCUT2D eigenvalue weighted by Gasteiger charge is 2.20. The van der Waals surface area contributed by atoms with Crippen LogP contribution in [0.3, 0.4) is 0 Å². The summed E-state index contributed by atoms with van der Waals surface area (Å²) in [5, 5.41) is 3.21. The van der Waals surface area contributed by atoms with Gasteiger partial charge in [-0.15, -0.1) is 0 Å². The Labute approximate surface area is 130 Å². The number of carbonyl (C=O) groups is 1. The van der Waals surface area contributed by atoms with E-state index in [-0.39, 0.29) is 5.78 Å². The van der Waals surface area contributed by atoms with Crippen LogP contribution < -0.4 is 10.1 Å². The molecular weight excluding hydrogens is 274 g/mol. The normalized spacial score (nSPS) is 15.5. The van der Waals surface area contributed by atoms with Crippen molar-refractivity contribution in [2.75, 3.05) is 11.9 Å². The number of nitrogens with one attached hydrogen (secondary N) is 1. The lowest BCUT2D eigenvalue weighted by molar-refractivity contribution is 0.102. The van der Waals surface area contributed by atoms with E-state index in [4.69, 9.17) is 4.74 Å². The predicted molar refractivity (Wildman–Crippen MR) is 88.4 cm³/mol. The Morgan fingerprint density at radius 2 is 1.86 bits per heavy atom. The van der Waals surface area contributed by atoms with Crippen molar-refractivity contribution in [2.24, 2.45) is 0 Å². The van der Waals surface area contributed by atoms with Crippen LogP contribution in [0.5, 0.6) is 5.75 Å². The van der Waals surface area contributed by atoms with Crippen molar-refractivity contribution in [1.29, 1.82) is 0 Å². The summed E-state index contributed by atoms with van der Waals surface area (Å²) in [6.45, 7) is 2.62. The van der Waals surface area contributed by atoms with E-state index in [0.29, 0.717) is 6.61 Å². The topological polar surface area (TPSA) is 38.3 Å². The summed E-state index contributed by atoms with van der Waals surface area (Å²) in [4.78, 5) is 12.4.